The van der Waals surface area contributed by atoms with E-state index in [2.05, 4.69) is 38.0 Å². The van der Waals surface area contributed by atoms with Gasteiger partial charge in [-0.15, -0.1) is 0 Å². The van der Waals surface area contributed by atoms with Crippen molar-refractivity contribution in [3.05, 3.63) is 70.9 Å². The summed E-state index contributed by atoms with van der Waals surface area (Å²) in [5.74, 6) is 0.148. The zero-order valence-electron chi connectivity index (χ0n) is 19.8. The Balaban J connectivity index is 1.69. The third kappa shape index (κ3) is 4.85. The highest BCUT2D eigenvalue weighted by Crippen LogP contribution is 2.27. The van der Waals surface area contributed by atoms with Crippen LogP contribution in [0.2, 0.25) is 0 Å². The van der Waals surface area contributed by atoms with E-state index in [1.165, 1.54) is 12.0 Å². The van der Waals surface area contributed by atoms with Gasteiger partial charge < -0.3 is 9.64 Å². The van der Waals surface area contributed by atoms with Crippen LogP contribution in [0.5, 0.6) is 0 Å². The van der Waals surface area contributed by atoms with Crippen LogP contribution >= 0.6 is 0 Å². The van der Waals surface area contributed by atoms with Crippen LogP contribution in [-0.2, 0) is 4.74 Å². The Morgan fingerprint density at radius 3 is 2.48 bits per heavy atom. The van der Waals surface area contributed by atoms with Crippen LogP contribution in [0.4, 0.5) is 0 Å². The summed E-state index contributed by atoms with van der Waals surface area (Å²) < 4.78 is 6.92. The molecule has 33 heavy (non-hydrogen) atoms. The molecule has 6 heteroatoms. The molecule has 1 saturated heterocycles. The van der Waals surface area contributed by atoms with Gasteiger partial charge in [-0.25, -0.2) is 9.48 Å². The number of nitrogens with zero attached hydrogens (tertiary/aromatic N) is 3. The first-order valence-electron chi connectivity index (χ1n) is 11.6. The molecule has 1 aliphatic rings. The van der Waals surface area contributed by atoms with Crippen LogP contribution in [0.15, 0.2) is 48.5 Å². The van der Waals surface area contributed by atoms with Gasteiger partial charge in [0.1, 0.15) is 0 Å². The minimum atomic E-state index is -0.452. The average molecular weight is 446 g/mol. The molecule has 172 valence electrons. The summed E-state index contributed by atoms with van der Waals surface area (Å²) >= 11 is 0. The lowest BCUT2D eigenvalue weighted by Gasteiger charge is -2.31. The molecule has 3 aromatic rings. The van der Waals surface area contributed by atoms with Gasteiger partial charge in [0.25, 0.3) is 5.91 Å². The maximum absolute atomic E-state index is 13.0. The van der Waals surface area contributed by atoms with Crippen LogP contribution in [0.25, 0.3) is 16.9 Å². The molecule has 4 rings (SSSR count). The Labute approximate surface area is 195 Å². The molecule has 0 saturated carbocycles. The van der Waals surface area contributed by atoms with Crippen LogP contribution in [0.1, 0.15) is 58.7 Å². The van der Waals surface area contributed by atoms with E-state index >= 15 is 0 Å². The summed E-state index contributed by atoms with van der Waals surface area (Å²) in [6.07, 6.45) is 2.22. The zero-order valence-corrected chi connectivity index (χ0v) is 19.8. The molecule has 0 radical (unpaired) electrons. The standard InChI is InChI=1S/C27H31N3O3/c1-5-33-27(32)24-16-25(22-9-8-19(3)20(4)15-22)30(28-24)23-12-10-21(11-13-23)26(31)29-14-6-7-18(2)17-29/h8-13,15-16,18H,5-7,14,17H2,1-4H3/t18-/m0/s1. The third-order valence-electron chi connectivity index (χ3n) is 6.30. The molecule has 2 heterocycles. The van der Waals surface area contributed by atoms with Crippen molar-refractivity contribution in [1.82, 2.24) is 14.7 Å². The van der Waals surface area contributed by atoms with Crippen molar-refractivity contribution in [3.8, 4) is 16.9 Å². The van der Waals surface area contributed by atoms with Crippen LogP contribution < -0.4 is 0 Å². The molecule has 0 unspecified atom stereocenters. The molecular weight excluding hydrogens is 414 g/mol. The molecule has 1 aliphatic heterocycles. The minimum Gasteiger partial charge on any atom is -0.461 e. The van der Waals surface area contributed by atoms with E-state index in [9.17, 15) is 9.59 Å². The highest BCUT2D eigenvalue weighted by molar-refractivity contribution is 5.94. The Morgan fingerprint density at radius 2 is 1.82 bits per heavy atom. The number of carbonyl (C=O) groups excluding carboxylic acids is 2. The topological polar surface area (TPSA) is 64.4 Å². The summed E-state index contributed by atoms with van der Waals surface area (Å²) in [6, 6.07) is 15.4. The molecule has 6 nitrogen and oxygen atoms in total. The second kappa shape index (κ2) is 9.61. The molecule has 1 atom stereocenters. The third-order valence-corrected chi connectivity index (χ3v) is 6.30. The van der Waals surface area contributed by atoms with Crippen LogP contribution in [-0.4, -0.2) is 46.3 Å². The van der Waals surface area contributed by atoms with E-state index in [0.29, 0.717) is 11.5 Å². The predicted octanol–water partition coefficient (Wildman–Crippen LogP) is 5.20. The highest BCUT2D eigenvalue weighted by atomic mass is 16.5. The SMILES string of the molecule is CCOC(=O)c1cc(-c2ccc(C)c(C)c2)n(-c2ccc(C(=O)N3CCC[C@H](C)C3)cc2)n1. The lowest BCUT2D eigenvalue weighted by molar-refractivity contribution is 0.0518. The number of hydrogen-bond acceptors (Lipinski definition) is 4. The number of aromatic nitrogens is 2. The van der Waals surface area contributed by atoms with E-state index in [1.807, 2.05) is 35.2 Å². The molecule has 1 amide bonds. The monoisotopic (exact) mass is 445 g/mol. The first kappa shape index (κ1) is 22.8. The van der Waals surface area contributed by atoms with Gasteiger partial charge in [0, 0.05) is 24.2 Å². The summed E-state index contributed by atoms with van der Waals surface area (Å²) in [5, 5.41) is 4.55. The van der Waals surface area contributed by atoms with Crippen molar-refractivity contribution < 1.29 is 14.3 Å². The van der Waals surface area contributed by atoms with E-state index < -0.39 is 5.97 Å². The summed E-state index contributed by atoms with van der Waals surface area (Å²) in [6.45, 7) is 10.0. The van der Waals surface area contributed by atoms with Gasteiger partial charge in [0.2, 0.25) is 0 Å². The van der Waals surface area contributed by atoms with Gasteiger partial charge in [0.05, 0.1) is 18.0 Å². The molecular formula is C27H31N3O3. The molecule has 1 fully saturated rings. The Kier molecular flexibility index (Phi) is 6.63. The summed E-state index contributed by atoms with van der Waals surface area (Å²) in [4.78, 5) is 27.3. The van der Waals surface area contributed by atoms with E-state index in [4.69, 9.17) is 4.74 Å². The van der Waals surface area contributed by atoms with E-state index in [0.717, 1.165) is 42.0 Å². The number of amides is 1. The van der Waals surface area contributed by atoms with Gasteiger partial charge >= 0.3 is 5.97 Å². The van der Waals surface area contributed by atoms with Gasteiger partial charge in [-0.2, -0.15) is 5.10 Å². The van der Waals surface area contributed by atoms with Crippen molar-refractivity contribution in [2.24, 2.45) is 5.92 Å². The highest BCUT2D eigenvalue weighted by Gasteiger charge is 2.23. The molecule has 0 N–H and O–H groups in total. The van der Waals surface area contributed by atoms with Gasteiger partial charge in [-0.3, -0.25) is 4.79 Å². The average Bonchev–Trinajstić information content (AvgIpc) is 3.26. The number of benzene rings is 2. The van der Waals surface area contributed by atoms with E-state index in [1.54, 1.807) is 17.7 Å². The van der Waals surface area contributed by atoms with Crippen LogP contribution in [0.3, 0.4) is 0 Å². The fraction of sp³-hybridized carbons (Fsp3) is 0.370. The van der Waals surface area contributed by atoms with Crippen molar-refractivity contribution in [3.63, 3.8) is 0 Å². The minimum absolute atomic E-state index is 0.0650. The lowest BCUT2D eigenvalue weighted by Crippen LogP contribution is -2.39. The number of ether oxygens (including phenoxy) is 1. The Hall–Kier alpha value is -3.41. The van der Waals surface area contributed by atoms with Gasteiger partial charge in [-0.1, -0.05) is 19.1 Å². The lowest BCUT2D eigenvalue weighted by atomic mass is 9.99. The first-order chi connectivity index (χ1) is 15.9. The second-order valence-corrected chi connectivity index (χ2v) is 8.89. The maximum Gasteiger partial charge on any atom is 0.358 e. The fourth-order valence-electron chi connectivity index (χ4n) is 4.29. The number of aryl methyl sites for hydroxylation is 2. The largest absolute Gasteiger partial charge is 0.461 e. The number of hydrogen-bond donors (Lipinski definition) is 0. The van der Waals surface area contributed by atoms with Crippen molar-refractivity contribution in [2.75, 3.05) is 19.7 Å². The van der Waals surface area contributed by atoms with Crippen molar-refractivity contribution in [2.45, 2.75) is 40.5 Å². The molecule has 0 aliphatic carbocycles. The van der Waals surface area contributed by atoms with Crippen LogP contribution in [0, 0.1) is 19.8 Å². The zero-order chi connectivity index (χ0) is 23.5. The maximum atomic E-state index is 13.0. The van der Waals surface area contributed by atoms with Gasteiger partial charge in [-0.05, 0) is 87.1 Å². The number of carbonyl (C=O) groups is 2. The Bertz CT molecular complexity index is 1160. The smallest absolute Gasteiger partial charge is 0.358 e. The van der Waals surface area contributed by atoms with E-state index in [-0.39, 0.29) is 18.2 Å². The molecule has 1 aromatic heterocycles. The molecule has 0 bridgehead atoms. The normalized spacial score (nSPS) is 16.0. The number of likely N-dealkylation sites (tertiary alicyclic amines) is 1. The second-order valence-electron chi connectivity index (χ2n) is 8.89. The quantitative estimate of drug-likeness (QED) is 0.506. The number of rotatable bonds is 5. The predicted molar refractivity (Wildman–Crippen MR) is 129 cm³/mol. The fourth-order valence-corrected chi connectivity index (χ4v) is 4.29. The van der Waals surface area contributed by atoms with Crippen molar-refractivity contribution >= 4 is 11.9 Å². The Morgan fingerprint density at radius 1 is 1.06 bits per heavy atom. The molecule has 0 spiro atoms. The number of esters is 1. The van der Waals surface area contributed by atoms with Gasteiger partial charge in [0.15, 0.2) is 5.69 Å². The summed E-state index contributed by atoms with van der Waals surface area (Å²) in [7, 11) is 0. The summed E-state index contributed by atoms with van der Waals surface area (Å²) in [5.41, 5.74) is 5.82. The van der Waals surface area contributed by atoms with Crippen molar-refractivity contribution in [1.29, 1.82) is 0 Å². The first-order valence-corrected chi connectivity index (χ1v) is 11.6. The molecule has 2 aromatic carbocycles. The number of piperidine rings is 1.